The summed E-state index contributed by atoms with van der Waals surface area (Å²) in [5.41, 5.74) is 0. The van der Waals surface area contributed by atoms with E-state index in [9.17, 15) is 0 Å². The van der Waals surface area contributed by atoms with E-state index < -0.39 is 0 Å². The Bertz CT molecular complexity index is 96.7. The number of nitrogens with zero attached hydrogens (tertiary/aromatic N) is 1. The van der Waals surface area contributed by atoms with Crippen molar-refractivity contribution >= 4 is 6.21 Å². The fourth-order valence-electron chi connectivity index (χ4n) is 1.21. The Morgan fingerprint density at radius 3 is 3.11 bits per heavy atom. The molecule has 0 aliphatic carbocycles. The van der Waals surface area contributed by atoms with Gasteiger partial charge in [-0.1, -0.05) is 13.3 Å². The Labute approximate surface area is 57.2 Å². The van der Waals surface area contributed by atoms with Gasteiger partial charge in [-0.3, -0.25) is 4.99 Å². The topological polar surface area (TPSA) is 12.4 Å². The van der Waals surface area contributed by atoms with E-state index in [2.05, 4.69) is 18.5 Å². The van der Waals surface area contributed by atoms with E-state index in [1.54, 1.807) is 0 Å². The van der Waals surface area contributed by atoms with Gasteiger partial charge in [-0.05, 0) is 31.4 Å². The zero-order valence-corrected chi connectivity index (χ0v) is 6.01. The van der Waals surface area contributed by atoms with Crippen molar-refractivity contribution in [2.45, 2.75) is 32.6 Å². The molecule has 0 aromatic heterocycles. The van der Waals surface area contributed by atoms with Crippen molar-refractivity contribution in [2.24, 2.45) is 10.9 Å². The van der Waals surface area contributed by atoms with Crippen molar-refractivity contribution in [3.8, 4) is 0 Å². The molecule has 1 rings (SSSR count). The van der Waals surface area contributed by atoms with Gasteiger partial charge in [0.25, 0.3) is 0 Å². The Hall–Kier alpha value is -0.330. The van der Waals surface area contributed by atoms with Crippen molar-refractivity contribution in [1.29, 1.82) is 0 Å². The van der Waals surface area contributed by atoms with Gasteiger partial charge in [0.15, 0.2) is 0 Å². The number of rotatable bonds is 2. The molecule has 1 unspecified atom stereocenters. The second kappa shape index (κ2) is 3.65. The fourth-order valence-corrected chi connectivity index (χ4v) is 1.21. The predicted octanol–water partition coefficient (Wildman–Crippen LogP) is 2.43. The Kier molecular flexibility index (Phi) is 2.75. The van der Waals surface area contributed by atoms with Crippen LogP contribution in [0.1, 0.15) is 32.6 Å². The molecule has 1 heteroatoms. The summed E-state index contributed by atoms with van der Waals surface area (Å²) in [6.45, 7) is 4.32. The van der Waals surface area contributed by atoms with Crippen LogP contribution in [0.15, 0.2) is 4.99 Å². The Morgan fingerprint density at radius 1 is 1.67 bits per heavy atom. The van der Waals surface area contributed by atoms with Gasteiger partial charge in [0.05, 0.1) is 6.54 Å². The first kappa shape index (κ1) is 6.79. The molecular weight excluding hydrogens is 110 g/mol. The van der Waals surface area contributed by atoms with E-state index in [0.717, 1.165) is 5.92 Å². The second-order valence-corrected chi connectivity index (χ2v) is 2.61. The first-order chi connectivity index (χ1) is 4.43. The van der Waals surface area contributed by atoms with E-state index in [-0.39, 0.29) is 0 Å². The highest BCUT2D eigenvalue weighted by molar-refractivity contribution is 5.58. The maximum absolute atomic E-state index is 4.13. The van der Waals surface area contributed by atoms with E-state index >= 15 is 0 Å². The lowest BCUT2D eigenvalue weighted by Crippen LogP contribution is -2.04. The summed E-state index contributed by atoms with van der Waals surface area (Å²) < 4.78 is 0. The molecular formula is C8H14N. The normalized spacial score (nSPS) is 26.6. The van der Waals surface area contributed by atoms with Crippen LogP contribution in [0.5, 0.6) is 0 Å². The van der Waals surface area contributed by atoms with Crippen LogP contribution in [0.2, 0.25) is 0 Å². The maximum atomic E-state index is 4.13. The Morgan fingerprint density at radius 2 is 2.56 bits per heavy atom. The number of hydrogen-bond acceptors (Lipinski definition) is 1. The van der Waals surface area contributed by atoms with Crippen LogP contribution < -0.4 is 0 Å². The molecule has 1 aliphatic rings. The molecule has 1 radical (unpaired) electrons. The van der Waals surface area contributed by atoms with Gasteiger partial charge in [-0.2, -0.15) is 0 Å². The molecule has 1 atom stereocenters. The highest BCUT2D eigenvalue weighted by atomic mass is 14.7. The quantitative estimate of drug-likeness (QED) is 0.536. The SMILES string of the molecule is CCCC1[CH]N=CCC1. The van der Waals surface area contributed by atoms with Crippen LogP contribution >= 0.6 is 0 Å². The third-order valence-electron chi connectivity index (χ3n) is 1.73. The minimum Gasteiger partial charge on any atom is -0.292 e. The molecule has 0 saturated heterocycles. The van der Waals surface area contributed by atoms with Crippen LogP contribution in [0, 0.1) is 12.5 Å². The van der Waals surface area contributed by atoms with Crippen molar-refractivity contribution in [2.75, 3.05) is 0 Å². The molecule has 0 saturated carbocycles. The van der Waals surface area contributed by atoms with Crippen molar-refractivity contribution in [1.82, 2.24) is 0 Å². The van der Waals surface area contributed by atoms with Gasteiger partial charge in [-0.25, -0.2) is 0 Å². The molecule has 1 nitrogen and oxygen atoms in total. The van der Waals surface area contributed by atoms with Crippen molar-refractivity contribution in [3.05, 3.63) is 6.54 Å². The minimum atomic E-state index is 0.778. The van der Waals surface area contributed by atoms with E-state index in [1.165, 1.54) is 25.7 Å². The maximum Gasteiger partial charge on any atom is 0.0749 e. The molecule has 0 bridgehead atoms. The zero-order valence-electron chi connectivity index (χ0n) is 6.01. The molecule has 0 fully saturated rings. The summed E-state index contributed by atoms with van der Waals surface area (Å²) in [7, 11) is 0. The molecule has 0 aromatic carbocycles. The van der Waals surface area contributed by atoms with Gasteiger partial charge in [0.1, 0.15) is 0 Å². The Balaban J connectivity index is 2.18. The van der Waals surface area contributed by atoms with Gasteiger partial charge in [-0.15, -0.1) is 0 Å². The van der Waals surface area contributed by atoms with Crippen LogP contribution in [0.3, 0.4) is 0 Å². The molecule has 0 aromatic rings. The molecule has 0 N–H and O–H groups in total. The predicted molar refractivity (Wildman–Crippen MR) is 40.4 cm³/mol. The first-order valence-electron chi connectivity index (χ1n) is 3.78. The van der Waals surface area contributed by atoms with Crippen LogP contribution in [0.4, 0.5) is 0 Å². The van der Waals surface area contributed by atoms with Crippen LogP contribution in [0.25, 0.3) is 0 Å². The lowest BCUT2D eigenvalue weighted by atomic mass is 9.97. The summed E-state index contributed by atoms with van der Waals surface area (Å²) in [5, 5.41) is 0. The third-order valence-corrected chi connectivity index (χ3v) is 1.73. The lowest BCUT2D eigenvalue weighted by Gasteiger charge is -2.14. The van der Waals surface area contributed by atoms with E-state index in [1.807, 2.05) is 6.21 Å². The first-order valence-corrected chi connectivity index (χ1v) is 3.78. The molecule has 1 aliphatic heterocycles. The highest BCUT2D eigenvalue weighted by Gasteiger charge is 2.08. The molecule has 51 valence electrons. The summed E-state index contributed by atoms with van der Waals surface area (Å²) in [4.78, 5) is 4.13. The number of hydrogen-bond donors (Lipinski definition) is 0. The summed E-state index contributed by atoms with van der Waals surface area (Å²) in [6.07, 6.45) is 7.11. The zero-order chi connectivity index (χ0) is 6.53. The average Bonchev–Trinajstić information content (AvgIpc) is 1.91. The van der Waals surface area contributed by atoms with E-state index in [4.69, 9.17) is 0 Å². The van der Waals surface area contributed by atoms with Crippen LogP contribution in [-0.2, 0) is 0 Å². The smallest absolute Gasteiger partial charge is 0.0749 e. The standard InChI is InChI=1S/C8H14N/c1-2-4-8-5-3-6-9-7-8/h6-8H,2-5H2,1H3. The summed E-state index contributed by atoms with van der Waals surface area (Å²) in [5.74, 6) is 0.778. The second-order valence-electron chi connectivity index (χ2n) is 2.61. The minimum absolute atomic E-state index is 0.778. The molecule has 9 heavy (non-hydrogen) atoms. The number of aliphatic imine (C=N–C) groups is 1. The van der Waals surface area contributed by atoms with Gasteiger partial charge >= 0.3 is 0 Å². The lowest BCUT2D eigenvalue weighted by molar-refractivity contribution is 0.501. The molecule has 0 spiro atoms. The summed E-state index contributed by atoms with van der Waals surface area (Å²) in [6, 6.07) is 0. The van der Waals surface area contributed by atoms with Crippen molar-refractivity contribution in [3.63, 3.8) is 0 Å². The van der Waals surface area contributed by atoms with Crippen molar-refractivity contribution < 1.29 is 0 Å². The largest absolute Gasteiger partial charge is 0.292 e. The summed E-state index contributed by atoms with van der Waals surface area (Å²) >= 11 is 0. The van der Waals surface area contributed by atoms with E-state index in [0.29, 0.717) is 0 Å². The molecule has 0 amide bonds. The fraction of sp³-hybridized carbons (Fsp3) is 0.750. The van der Waals surface area contributed by atoms with Crippen LogP contribution in [-0.4, -0.2) is 6.21 Å². The molecule has 1 heterocycles. The highest BCUT2D eigenvalue weighted by Crippen LogP contribution is 2.19. The average molecular weight is 124 g/mol. The van der Waals surface area contributed by atoms with Gasteiger partial charge < -0.3 is 0 Å². The monoisotopic (exact) mass is 124 g/mol. The van der Waals surface area contributed by atoms with Gasteiger partial charge in [0.2, 0.25) is 0 Å². The third kappa shape index (κ3) is 2.17. The van der Waals surface area contributed by atoms with Gasteiger partial charge in [0, 0.05) is 0 Å².